The summed E-state index contributed by atoms with van der Waals surface area (Å²) in [5.74, 6) is -0.197. The van der Waals surface area contributed by atoms with Gasteiger partial charge in [-0.05, 0) is 18.9 Å². The van der Waals surface area contributed by atoms with Gasteiger partial charge >= 0.3 is 5.97 Å². The van der Waals surface area contributed by atoms with Gasteiger partial charge in [-0.3, -0.25) is 0 Å². The van der Waals surface area contributed by atoms with Crippen LogP contribution in [-0.4, -0.2) is 20.4 Å². The van der Waals surface area contributed by atoms with Crippen molar-refractivity contribution in [3.63, 3.8) is 0 Å². The lowest BCUT2D eigenvalue weighted by atomic mass is 9.92. The summed E-state index contributed by atoms with van der Waals surface area (Å²) in [4.78, 5) is 16.0. The first-order chi connectivity index (χ1) is 9.56. The van der Waals surface area contributed by atoms with Crippen LogP contribution in [0.1, 0.15) is 31.7 Å². The maximum atomic E-state index is 11.7. The van der Waals surface area contributed by atoms with E-state index in [1.807, 2.05) is 18.2 Å². The Morgan fingerprint density at radius 2 is 2.10 bits per heavy atom. The second kappa shape index (κ2) is 6.00. The third-order valence-corrected chi connectivity index (χ3v) is 3.75. The van der Waals surface area contributed by atoms with Crippen LogP contribution in [0.3, 0.4) is 0 Å². The number of benzene rings is 1. The van der Waals surface area contributed by atoms with E-state index in [1.54, 1.807) is 19.1 Å². The molecule has 0 aliphatic heterocycles. The Morgan fingerprint density at radius 3 is 2.70 bits per heavy atom. The van der Waals surface area contributed by atoms with Crippen molar-refractivity contribution in [1.29, 1.82) is 0 Å². The average molecular weight is 291 g/mol. The summed E-state index contributed by atoms with van der Waals surface area (Å²) in [5.41, 5.74) is -0.538. The smallest absolute Gasteiger partial charge is 0.333 e. The predicted octanol–water partition coefficient (Wildman–Crippen LogP) is 2.90. The van der Waals surface area contributed by atoms with Crippen molar-refractivity contribution >= 4 is 22.6 Å². The predicted molar refractivity (Wildman–Crippen MR) is 79.0 cm³/mol. The van der Waals surface area contributed by atoms with E-state index in [0.717, 1.165) is 18.7 Å². The molecule has 0 radical (unpaired) electrons. The second-order valence-corrected chi connectivity index (χ2v) is 5.44. The Bertz CT molecular complexity index is 585. The van der Waals surface area contributed by atoms with E-state index in [2.05, 4.69) is 21.6 Å². The van der Waals surface area contributed by atoms with Gasteiger partial charge in [-0.1, -0.05) is 37.3 Å². The molecule has 1 aromatic carbocycles. The van der Waals surface area contributed by atoms with E-state index in [4.69, 9.17) is 0 Å². The summed E-state index contributed by atoms with van der Waals surface area (Å²) in [6, 6.07) is 9.07. The highest BCUT2D eigenvalue weighted by Gasteiger charge is 2.36. The molecule has 2 aromatic rings. The van der Waals surface area contributed by atoms with E-state index in [-0.39, 0.29) is 0 Å². The van der Waals surface area contributed by atoms with Crippen LogP contribution in [0, 0.1) is 0 Å². The molecule has 2 rings (SSSR count). The van der Waals surface area contributed by atoms with Crippen LogP contribution in [0.4, 0.5) is 5.13 Å². The molecule has 20 heavy (non-hydrogen) atoms. The van der Waals surface area contributed by atoms with Crippen molar-refractivity contribution in [2.45, 2.75) is 32.2 Å². The molecule has 1 aromatic heterocycles. The molecule has 0 fully saturated rings. The Balaban J connectivity index is 2.27. The van der Waals surface area contributed by atoms with Gasteiger partial charge in [0.1, 0.15) is 5.82 Å². The maximum Gasteiger partial charge on any atom is 0.333 e. The van der Waals surface area contributed by atoms with Gasteiger partial charge in [-0.15, -0.1) is 0 Å². The first kappa shape index (κ1) is 14.5. The quantitative estimate of drug-likeness (QED) is 0.856. The molecule has 6 heteroatoms. The molecular weight excluding hydrogens is 274 g/mol. The number of hydrogen-bond acceptors (Lipinski definition) is 5. The summed E-state index contributed by atoms with van der Waals surface area (Å²) in [5, 5.41) is 13.1. The highest BCUT2D eigenvalue weighted by atomic mass is 32.1. The van der Waals surface area contributed by atoms with Crippen molar-refractivity contribution in [3.05, 3.63) is 41.7 Å². The molecule has 1 unspecified atom stereocenters. The van der Waals surface area contributed by atoms with Gasteiger partial charge < -0.3 is 10.4 Å². The zero-order valence-corrected chi connectivity index (χ0v) is 12.3. The van der Waals surface area contributed by atoms with Gasteiger partial charge in [0.05, 0.1) is 0 Å². The lowest BCUT2D eigenvalue weighted by molar-refractivity contribution is -0.142. The number of aryl methyl sites for hydroxylation is 1. The minimum Gasteiger partial charge on any atom is -0.479 e. The standard InChI is InChI=1S/C14H17N3O2S/c1-3-7-11-15-13(20-17-11)16-14(2,12(18)19)10-8-5-4-6-9-10/h4-6,8-9H,3,7H2,1-2H3,(H,18,19)(H,15,16,17). The van der Waals surface area contributed by atoms with Crippen LogP contribution < -0.4 is 5.32 Å². The second-order valence-electron chi connectivity index (χ2n) is 4.69. The summed E-state index contributed by atoms with van der Waals surface area (Å²) in [6.07, 6.45) is 1.76. The van der Waals surface area contributed by atoms with Gasteiger partial charge in [0.25, 0.3) is 0 Å². The molecule has 1 heterocycles. The van der Waals surface area contributed by atoms with E-state index >= 15 is 0 Å². The van der Waals surface area contributed by atoms with Gasteiger partial charge in [0.15, 0.2) is 5.54 Å². The topological polar surface area (TPSA) is 75.1 Å². The van der Waals surface area contributed by atoms with Crippen LogP contribution >= 0.6 is 11.5 Å². The van der Waals surface area contributed by atoms with Crippen molar-refractivity contribution in [2.24, 2.45) is 0 Å². The van der Waals surface area contributed by atoms with E-state index in [0.29, 0.717) is 10.7 Å². The molecular formula is C14H17N3O2S. The zero-order valence-electron chi connectivity index (χ0n) is 11.5. The molecule has 0 bridgehead atoms. The highest BCUT2D eigenvalue weighted by molar-refractivity contribution is 7.09. The summed E-state index contributed by atoms with van der Waals surface area (Å²) in [7, 11) is 0. The molecule has 106 valence electrons. The van der Waals surface area contributed by atoms with Gasteiger partial charge in [0, 0.05) is 18.0 Å². The molecule has 0 aliphatic carbocycles. The summed E-state index contributed by atoms with van der Waals surface area (Å²) < 4.78 is 4.22. The third-order valence-electron chi connectivity index (χ3n) is 3.08. The molecule has 0 spiro atoms. The van der Waals surface area contributed by atoms with Crippen molar-refractivity contribution < 1.29 is 9.90 Å². The minimum absolute atomic E-state index is 0.530. The average Bonchev–Trinajstić information content (AvgIpc) is 2.87. The first-order valence-electron chi connectivity index (χ1n) is 6.46. The van der Waals surface area contributed by atoms with E-state index in [9.17, 15) is 9.90 Å². The molecule has 2 N–H and O–H groups in total. The first-order valence-corrected chi connectivity index (χ1v) is 7.23. The Labute approximate surface area is 121 Å². The van der Waals surface area contributed by atoms with Crippen LogP contribution in [0.5, 0.6) is 0 Å². The van der Waals surface area contributed by atoms with Crippen molar-refractivity contribution in [2.75, 3.05) is 5.32 Å². The Morgan fingerprint density at radius 1 is 1.40 bits per heavy atom. The molecule has 5 nitrogen and oxygen atoms in total. The number of anilines is 1. The Hall–Kier alpha value is -1.95. The molecule has 1 atom stereocenters. The van der Waals surface area contributed by atoms with Crippen LogP contribution in [0.15, 0.2) is 30.3 Å². The summed E-state index contributed by atoms with van der Waals surface area (Å²) >= 11 is 1.19. The van der Waals surface area contributed by atoms with Crippen molar-refractivity contribution in [1.82, 2.24) is 9.36 Å². The van der Waals surface area contributed by atoms with Gasteiger partial charge in [-0.25, -0.2) is 9.78 Å². The zero-order chi connectivity index (χ0) is 14.6. The van der Waals surface area contributed by atoms with E-state index in [1.165, 1.54) is 11.5 Å². The number of nitrogens with zero attached hydrogens (tertiary/aromatic N) is 2. The largest absolute Gasteiger partial charge is 0.479 e. The monoisotopic (exact) mass is 291 g/mol. The number of aliphatic carboxylic acids is 1. The number of carbonyl (C=O) groups is 1. The molecule has 0 saturated heterocycles. The number of carboxylic acid groups (broad SMARTS) is 1. The number of aromatic nitrogens is 2. The third kappa shape index (κ3) is 2.96. The number of nitrogens with one attached hydrogen (secondary N) is 1. The number of rotatable bonds is 6. The van der Waals surface area contributed by atoms with Crippen molar-refractivity contribution in [3.8, 4) is 0 Å². The normalized spacial score (nSPS) is 13.7. The fraction of sp³-hybridized carbons (Fsp3) is 0.357. The lowest BCUT2D eigenvalue weighted by Gasteiger charge is -2.26. The van der Waals surface area contributed by atoms with Crippen LogP contribution in [0.25, 0.3) is 0 Å². The fourth-order valence-electron chi connectivity index (χ4n) is 1.86. The SMILES string of the molecule is CCCc1nsc(NC(C)(C(=O)O)c2ccccc2)n1. The number of hydrogen-bond donors (Lipinski definition) is 2. The number of carboxylic acids is 1. The van der Waals surface area contributed by atoms with Crippen LogP contribution in [-0.2, 0) is 16.8 Å². The highest BCUT2D eigenvalue weighted by Crippen LogP contribution is 2.27. The fourth-order valence-corrected chi connectivity index (χ4v) is 2.58. The van der Waals surface area contributed by atoms with Crippen LogP contribution in [0.2, 0.25) is 0 Å². The molecule has 0 aliphatic rings. The lowest BCUT2D eigenvalue weighted by Crippen LogP contribution is -2.40. The van der Waals surface area contributed by atoms with E-state index < -0.39 is 11.5 Å². The Kier molecular flexibility index (Phi) is 4.34. The van der Waals surface area contributed by atoms with Gasteiger partial charge in [-0.2, -0.15) is 4.37 Å². The maximum absolute atomic E-state index is 11.7. The minimum atomic E-state index is -1.22. The molecule has 0 amide bonds. The molecule has 0 saturated carbocycles. The summed E-state index contributed by atoms with van der Waals surface area (Å²) in [6.45, 7) is 3.69. The van der Waals surface area contributed by atoms with Gasteiger partial charge in [0.2, 0.25) is 5.13 Å².